The largest absolute Gasteiger partial charge is 0.494 e. The van der Waals surface area contributed by atoms with Crippen LogP contribution in [0.1, 0.15) is 36.5 Å². The average Bonchev–Trinajstić information content (AvgIpc) is 2.83. The standard InChI is InChI=1S/C27H32N2O2/c28-24-12-14-25(15-13-24)30-21-7-18-29-19-16-26(17-20-29)31-27(22-8-3-1-4-9-22)23-10-5-2-6-11-23/h1-6,8-15,26-27H,7,16-21,28H2. The molecule has 0 saturated carbocycles. The van der Waals surface area contributed by atoms with Crippen LogP contribution >= 0.6 is 0 Å². The molecule has 31 heavy (non-hydrogen) atoms. The summed E-state index contributed by atoms with van der Waals surface area (Å²) in [5.41, 5.74) is 8.91. The van der Waals surface area contributed by atoms with Gasteiger partial charge in [0.25, 0.3) is 0 Å². The molecule has 1 aliphatic heterocycles. The van der Waals surface area contributed by atoms with E-state index in [1.807, 2.05) is 24.3 Å². The molecular formula is C27H32N2O2. The number of nitrogens with two attached hydrogens (primary N) is 1. The van der Waals surface area contributed by atoms with Gasteiger partial charge in [-0.1, -0.05) is 60.7 Å². The zero-order valence-electron chi connectivity index (χ0n) is 18.0. The average molecular weight is 417 g/mol. The lowest BCUT2D eigenvalue weighted by Crippen LogP contribution is -2.38. The van der Waals surface area contributed by atoms with Gasteiger partial charge in [0.05, 0.1) is 12.7 Å². The summed E-state index contributed by atoms with van der Waals surface area (Å²) in [6.45, 7) is 3.93. The van der Waals surface area contributed by atoms with Gasteiger partial charge in [0.2, 0.25) is 0 Å². The van der Waals surface area contributed by atoms with E-state index in [0.29, 0.717) is 0 Å². The molecule has 1 aliphatic rings. The Kier molecular flexibility index (Phi) is 7.59. The van der Waals surface area contributed by atoms with Crippen LogP contribution < -0.4 is 10.5 Å². The maximum Gasteiger partial charge on any atom is 0.119 e. The molecule has 0 bridgehead atoms. The summed E-state index contributed by atoms with van der Waals surface area (Å²) in [7, 11) is 0. The number of likely N-dealkylation sites (tertiary alicyclic amines) is 1. The van der Waals surface area contributed by atoms with Gasteiger partial charge in [-0.15, -0.1) is 0 Å². The van der Waals surface area contributed by atoms with Crippen LogP contribution in [0.5, 0.6) is 5.75 Å². The second-order valence-electron chi connectivity index (χ2n) is 8.15. The molecule has 4 heteroatoms. The highest BCUT2D eigenvalue weighted by Crippen LogP contribution is 2.30. The molecule has 1 saturated heterocycles. The summed E-state index contributed by atoms with van der Waals surface area (Å²) in [4.78, 5) is 2.52. The van der Waals surface area contributed by atoms with Crippen LogP contribution in [0.25, 0.3) is 0 Å². The Morgan fingerprint density at radius 3 is 1.97 bits per heavy atom. The molecule has 0 amide bonds. The topological polar surface area (TPSA) is 47.7 Å². The number of rotatable bonds is 9. The summed E-state index contributed by atoms with van der Waals surface area (Å²) < 4.78 is 12.5. The van der Waals surface area contributed by atoms with Crippen LogP contribution in [-0.2, 0) is 4.74 Å². The van der Waals surface area contributed by atoms with E-state index in [9.17, 15) is 0 Å². The minimum Gasteiger partial charge on any atom is -0.494 e. The number of nitrogens with zero attached hydrogens (tertiary/aromatic N) is 1. The van der Waals surface area contributed by atoms with E-state index in [2.05, 4.69) is 65.6 Å². The van der Waals surface area contributed by atoms with Gasteiger partial charge in [0, 0.05) is 25.3 Å². The molecule has 162 valence electrons. The molecule has 0 spiro atoms. The predicted octanol–water partition coefficient (Wildman–Crippen LogP) is 5.31. The Bertz CT molecular complexity index is 852. The van der Waals surface area contributed by atoms with Crippen molar-refractivity contribution in [3.63, 3.8) is 0 Å². The fraction of sp³-hybridized carbons (Fsp3) is 0.333. The van der Waals surface area contributed by atoms with Gasteiger partial charge in [-0.25, -0.2) is 0 Å². The Balaban J connectivity index is 1.23. The smallest absolute Gasteiger partial charge is 0.119 e. The van der Waals surface area contributed by atoms with Gasteiger partial charge in [-0.05, 0) is 54.7 Å². The third-order valence-electron chi connectivity index (χ3n) is 5.84. The van der Waals surface area contributed by atoms with Crippen molar-refractivity contribution in [3.8, 4) is 5.75 Å². The zero-order chi connectivity index (χ0) is 21.3. The first-order chi connectivity index (χ1) is 15.3. The van der Waals surface area contributed by atoms with Gasteiger partial charge in [-0.3, -0.25) is 0 Å². The van der Waals surface area contributed by atoms with Gasteiger partial charge >= 0.3 is 0 Å². The molecule has 3 aromatic carbocycles. The Morgan fingerprint density at radius 2 is 1.39 bits per heavy atom. The minimum atomic E-state index is -0.00717. The zero-order valence-corrected chi connectivity index (χ0v) is 18.0. The number of piperidine rings is 1. The molecule has 1 heterocycles. The molecule has 4 rings (SSSR count). The van der Waals surface area contributed by atoms with Crippen LogP contribution in [-0.4, -0.2) is 37.2 Å². The Hall–Kier alpha value is -2.82. The van der Waals surface area contributed by atoms with E-state index in [4.69, 9.17) is 15.2 Å². The minimum absolute atomic E-state index is 0.00717. The summed E-state index contributed by atoms with van der Waals surface area (Å²) in [6.07, 6.45) is 3.43. The lowest BCUT2D eigenvalue weighted by Gasteiger charge is -2.34. The first-order valence-corrected chi connectivity index (χ1v) is 11.2. The van der Waals surface area contributed by atoms with Crippen LogP contribution in [0.3, 0.4) is 0 Å². The summed E-state index contributed by atoms with van der Waals surface area (Å²) >= 11 is 0. The second-order valence-corrected chi connectivity index (χ2v) is 8.15. The van der Waals surface area contributed by atoms with Gasteiger partial charge in [0.15, 0.2) is 0 Å². The number of ether oxygens (including phenoxy) is 2. The highest BCUT2D eigenvalue weighted by atomic mass is 16.5. The molecule has 2 N–H and O–H groups in total. The first kappa shape index (κ1) is 21.4. The van der Waals surface area contributed by atoms with Gasteiger partial charge in [0.1, 0.15) is 11.9 Å². The van der Waals surface area contributed by atoms with Crippen molar-refractivity contribution in [2.75, 3.05) is 32.0 Å². The molecule has 1 fully saturated rings. The van der Waals surface area contributed by atoms with E-state index in [-0.39, 0.29) is 12.2 Å². The number of anilines is 1. The fourth-order valence-corrected chi connectivity index (χ4v) is 4.11. The molecule has 0 aliphatic carbocycles. The molecule has 0 atom stereocenters. The molecule has 0 aromatic heterocycles. The Morgan fingerprint density at radius 1 is 0.806 bits per heavy atom. The third-order valence-corrected chi connectivity index (χ3v) is 5.84. The third kappa shape index (κ3) is 6.33. The number of nitrogen functional groups attached to an aromatic ring is 1. The monoisotopic (exact) mass is 416 g/mol. The maximum atomic E-state index is 6.64. The molecule has 0 radical (unpaired) electrons. The van der Waals surface area contributed by atoms with E-state index in [1.54, 1.807) is 0 Å². The predicted molar refractivity (Wildman–Crippen MR) is 126 cm³/mol. The normalized spacial score (nSPS) is 15.3. The van der Waals surface area contributed by atoms with Gasteiger partial charge < -0.3 is 20.1 Å². The van der Waals surface area contributed by atoms with Crippen molar-refractivity contribution in [1.82, 2.24) is 4.90 Å². The quantitative estimate of drug-likeness (QED) is 0.379. The number of hydrogen-bond donors (Lipinski definition) is 1. The number of hydrogen-bond acceptors (Lipinski definition) is 4. The highest BCUT2D eigenvalue weighted by molar-refractivity contribution is 5.41. The van der Waals surface area contributed by atoms with Crippen molar-refractivity contribution < 1.29 is 9.47 Å². The Labute approximate surface area is 185 Å². The lowest BCUT2D eigenvalue weighted by atomic mass is 10.00. The van der Waals surface area contributed by atoms with Crippen molar-refractivity contribution in [2.24, 2.45) is 0 Å². The summed E-state index contributed by atoms with van der Waals surface area (Å²) in [5.74, 6) is 0.883. The highest BCUT2D eigenvalue weighted by Gasteiger charge is 2.24. The number of benzene rings is 3. The molecule has 0 unspecified atom stereocenters. The van der Waals surface area contributed by atoms with E-state index < -0.39 is 0 Å². The van der Waals surface area contributed by atoms with Crippen LogP contribution in [0.4, 0.5) is 5.69 Å². The fourth-order valence-electron chi connectivity index (χ4n) is 4.11. The summed E-state index contributed by atoms with van der Waals surface area (Å²) in [6, 6.07) is 28.7. The van der Waals surface area contributed by atoms with E-state index >= 15 is 0 Å². The first-order valence-electron chi connectivity index (χ1n) is 11.2. The van der Waals surface area contributed by atoms with Crippen molar-refractivity contribution >= 4 is 5.69 Å². The van der Waals surface area contributed by atoms with Crippen LogP contribution in [0, 0.1) is 0 Å². The molecular weight excluding hydrogens is 384 g/mol. The van der Waals surface area contributed by atoms with E-state index in [1.165, 1.54) is 11.1 Å². The van der Waals surface area contributed by atoms with Crippen molar-refractivity contribution in [2.45, 2.75) is 31.5 Å². The van der Waals surface area contributed by atoms with Crippen LogP contribution in [0.2, 0.25) is 0 Å². The summed E-state index contributed by atoms with van der Waals surface area (Å²) in [5, 5.41) is 0. The van der Waals surface area contributed by atoms with Crippen molar-refractivity contribution in [1.29, 1.82) is 0 Å². The lowest BCUT2D eigenvalue weighted by molar-refractivity contribution is -0.0273. The van der Waals surface area contributed by atoms with Crippen molar-refractivity contribution in [3.05, 3.63) is 96.1 Å². The maximum absolute atomic E-state index is 6.64. The molecule has 4 nitrogen and oxygen atoms in total. The van der Waals surface area contributed by atoms with E-state index in [0.717, 1.165) is 56.9 Å². The SMILES string of the molecule is Nc1ccc(OCCCN2CCC(OC(c3ccccc3)c3ccccc3)CC2)cc1. The van der Waals surface area contributed by atoms with Crippen LogP contribution in [0.15, 0.2) is 84.9 Å². The van der Waals surface area contributed by atoms with Gasteiger partial charge in [-0.2, -0.15) is 0 Å². The second kappa shape index (κ2) is 11.0. The molecule has 3 aromatic rings.